The topological polar surface area (TPSA) is 29.3 Å². The van der Waals surface area contributed by atoms with Gasteiger partial charge in [-0.05, 0) is 56.3 Å². The fourth-order valence-corrected chi connectivity index (χ4v) is 3.83. The first-order valence-electron chi connectivity index (χ1n) is 6.88. The quantitative estimate of drug-likeness (QED) is 0.889. The van der Waals surface area contributed by atoms with E-state index in [1.807, 2.05) is 12.1 Å². The molecule has 2 fully saturated rings. The Labute approximate surface area is 114 Å². The summed E-state index contributed by atoms with van der Waals surface area (Å²) in [6, 6.07) is 9.72. The maximum atomic E-state index is 6.46. The first-order chi connectivity index (χ1) is 8.65. The first kappa shape index (κ1) is 12.5. The van der Waals surface area contributed by atoms with Gasteiger partial charge in [0, 0.05) is 23.1 Å². The summed E-state index contributed by atoms with van der Waals surface area (Å²) in [5, 5.41) is 0.786. The van der Waals surface area contributed by atoms with Crippen LogP contribution >= 0.6 is 11.6 Å². The third-order valence-corrected chi connectivity index (χ3v) is 5.15. The third kappa shape index (κ3) is 2.18. The summed E-state index contributed by atoms with van der Waals surface area (Å²) in [6.45, 7) is 0. The van der Waals surface area contributed by atoms with Gasteiger partial charge in [-0.25, -0.2) is 0 Å². The van der Waals surface area contributed by atoms with Crippen molar-refractivity contribution < 1.29 is 0 Å². The number of piperidine rings is 1. The Bertz CT molecular complexity index is 403. The molecule has 2 bridgehead atoms. The van der Waals surface area contributed by atoms with Gasteiger partial charge in [-0.3, -0.25) is 0 Å². The number of nitrogens with zero attached hydrogens (tertiary/aromatic N) is 1. The highest BCUT2D eigenvalue weighted by molar-refractivity contribution is 6.30. The Morgan fingerprint density at radius 3 is 2.28 bits per heavy atom. The first-order valence-corrected chi connectivity index (χ1v) is 7.26. The Kier molecular flexibility index (Phi) is 3.35. The van der Waals surface area contributed by atoms with Gasteiger partial charge in [-0.1, -0.05) is 23.7 Å². The molecule has 2 aliphatic rings. The lowest BCUT2D eigenvalue weighted by molar-refractivity contribution is 0.121. The van der Waals surface area contributed by atoms with Gasteiger partial charge in [0.1, 0.15) is 0 Å². The lowest BCUT2D eigenvalue weighted by Crippen LogP contribution is -2.42. The fraction of sp³-hybridized carbons (Fsp3) is 0.600. The van der Waals surface area contributed by atoms with Crippen molar-refractivity contribution in [3.8, 4) is 0 Å². The molecule has 0 unspecified atom stereocenters. The lowest BCUT2D eigenvalue weighted by Gasteiger charge is -2.38. The smallest absolute Gasteiger partial charge is 0.0406 e. The SMILES string of the molecule is CN1[C@H]2CC[C@H]1CC([C@@H](N)c1ccc(Cl)cc1)C2. The van der Waals surface area contributed by atoms with Gasteiger partial charge < -0.3 is 10.6 Å². The molecule has 0 aromatic heterocycles. The summed E-state index contributed by atoms with van der Waals surface area (Å²) in [7, 11) is 2.27. The molecule has 0 aliphatic carbocycles. The molecular weight excluding hydrogens is 244 g/mol. The molecule has 98 valence electrons. The van der Waals surface area contributed by atoms with Crippen LogP contribution in [0.3, 0.4) is 0 Å². The van der Waals surface area contributed by atoms with Crippen molar-refractivity contribution in [3.05, 3.63) is 34.9 Å². The molecule has 2 heterocycles. The van der Waals surface area contributed by atoms with Gasteiger partial charge in [0.05, 0.1) is 0 Å². The minimum absolute atomic E-state index is 0.166. The average Bonchev–Trinajstić information content (AvgIpc) is 2.62. The zero-order valence-corrected chi connectivity index (χ0v) is 11.6. The highest BCUT2D eigenvalue weighted by Crippen LogP contribution is 2.41. The van der Waals surface area contributed by atoms with E-state index in [0.717, 1.165) is 17.1 Å². The molecule has 0 saturated carbocycles. The zero-order chi connectivity index (χ0) is 12.7. The predicted molar refractivity (Wildman–Crippen MR) is 75.7 cm³/mol. The molecule has 1 aromatic rings. The molecule has 0 amide bonds. The molecule has 0 radical (unpaired) electrons. The van der Waals surface area contributed by atoms with E-state index >= 15 is 0 Å². The second kappa shape index (κ2) is 4.84. The summed E-state index contributed by atoms with van der Waals surface area (Å²) < 4.78 is 0. The van der Waals surface area contributed by atoms with E-state index in [0.29, 0.717) is 5.92 Å². The van der Waals surface area contributed by atoms with E-state index in [2.05, 4.69) is 24.1 Å². The van der Waals surface area contributed by atoms with Crippen LogP contribution in [0.5, 0.6) is 0 Å². The largest absolute Gasteiger partial charge is 0.324 e. The van der Waals surface area contributed by atoms with Crippen molar-refractivity contribution in [1.82, 2.24) is 4.90 Å². The second-order valence-electron chi connectivity index (χ2n) is 5.86. The molecule has 2 saturated heterocycles. The van der Waals surface area contributed by atoms with Crippen molar-refractivity contribution in [2.45, 2.75) is 43.8 Å². The van der Waals surface area contributed by atoms with Gasteiger partial charge in [-0.2, -0.15) is 0 Å². The van der Waals surface area contributed by atoms with E-state index in [1.165, 1.54) is 31.2 Å². The van der Waals surface area contributed by atoms with Crippen LogP contribution in [0.2, 0.25) is 5.02 Å². The third-order valence-electron chi connectivity index (χ3n) is 4.90. The van der Waals surface area contributed by atoms with Crippen molar-refractivity contribution in [2.24, 2.45) is 11.7 Å². The van der Waals surface area contributed by atoms with Crippen LogP contribution in [0.15, 0.2) is 24.3 Å². The van der Waals surface area contributed by atoms with E-state index in [-0.39, 0.29) is 6.04 Å². The number of nitrogens with two attached hydrogens (primary N) is 1. The zero-order valence-electron chi connectivity index (χ0n) is 10.8. The van der Waals surface area contributed by atoms with Crippen LogP contribution in [0.4, 0.5) is 0 Å². The molecule has 18 heavy (non-hydrogen) atoms. The standard InChI is InChI=1S/C15H21ClN2/c1-18-13-6-7-14(18)9-11(8-13)15(17)10-2-4-12(16)5-3-10/h2-5,11,13-15H,6-9,17H2,1H3/t13-,14-,15-/m0/s1. The van der Waals surface area contributed by atoms with Crippen molar-refractivity contribution in [3.63, 3.8) is 0 Å². The number of fused-ring (bicyclic) bond motifs is 2. The van der Waals surface area contributed by atoms with E-state index in [9.17, 15) is 0 Å². The van der Waals surface area contributed by atoms with Crippen molar-refractivity contribution >= 4 is 11.6 Å². The molecule has 3 atom stereocenters. The molecule has 3 heteroatoms. The normalized spacial score (nSPS) is 33.6. The minimum Gasteiger partial charge on any atom is -0.324 e. The van der Waals surface area contributed by atoms with Gasteiger partial charge in [0.2, 0.25) is 0 Å². The van der Waals surface area contributed by atoms with Crippen LogP contribution in [0, 0.1) is 5.92 Å². The minimum atomic E-state index is 0.166. The van der Waals surface area contributed by atoms with Gasteiger partial charge in [-0.15, -0.1) is 0 Å². The Hall–Kier alpha value is -0.570. The van der Waals surface area contributed by atoms with Crippen LogP contribution < -0.4 is 5.73 Å². The van der Waals surface area contributed by atoms with Crippen LogP contribution in [0.1, 0.15) is 37.3 Å². The number of halogens is 1. The van der Waals surface area contributed by atoms with Gasteiger partial charge in [0.15, 0.2) is 0 Å². The monoisotopic (exact) mass is 264 g/mol. The number of rotatable bonds is 2. The van der Waals surface area contributed by atoms with E-state index < -0.39 is 0 Å². The summed E-state index contributed by atoms with van der Waals surface area (Å²) in [5.74, 6) is 0.625. The molecular formula is C15H21ClN2. The Balaban J connectivity index is 1.74. The van der Waals surface area contributed by atoms with Crippen molar-refractivity contribution in [1.29, 1.82) is 0 Å². The molecule has 2 N–H and O–H groups in total. The maximum absolute atomic E-state index is 6.46. The Morgan fingerprint density at radius 2 is 1.72 bits per heavy atom. The average molecular weight is 265 g/mol. The van der Waals surface area contributed by atoms with Crippen LogP contribution in [0.25, 0.3) is 0 Å². The Morgan fingerprint density at radius 1 is 1.17 bits per heavy atom. The van der Waals surface area contributed by atoms with E-state index in [1.54, 1.807) is 0 Å². The lowest BCUT2D eigenvalue weighted by atomic mass is 9.82. The number of benzene rings is 1. The summed E-state index contributed by atoms with van der Waals surface area (Å²) in [5.41, 5.74) is 7.69. The fourth-order valence-electron chi connectivity index (χ4n) is 3.70. The predicted octanol–water partition coefficient (Wildman–Crippen LogP) is 3.21. The summed E-state index contributed by atoms with van der Waals surface area (Å²) in [4.78, 5) is 2.56. The number of hydrogen-bond acceptors (Lipinski definition) is 2. The number of hydrogen-bond donors (Lipinski definition) is 1. The molecule has 0 spiro atoms. The van der Waals surface area contributed by atoms with Gasteiger partial charge >= 0.3 is 0 Å². The van der Waals surface area contributed by atoms with E-state index in [4.69, 9.17) is 17.3 Å². The second-order valence-corrected chi connectivity index (χ2v) is 6.30. The van der Waals surface area contributed by atoms with Crippen LogP contribution in [-0.4, -0.2) is 24.0 Å². The summed E-state index contributed by atoms with van der Waals surface area (Å²) >= 11 is 5.93. The molecule has 2 nitrogen and oxygen atoms in total. The molecule has 1 aromatic carbocycles. The molecule has 2 aliphatic heterocycles. The summed E-state index contributed by atoms with van der Waals surface area (Å²) in [6.07, 6.45) is 5.20. The van der Waals surface area contributed by atoms with Gasteiger partial charge in [0.25, 0.3) is 0 Å². The highest BCUT2D eigenvalue weighted by Gasteiger charge is 2.40. The van der Waals surface area contributed by atoms with Crippen LogP contribution in [-0.2, 0) is 0 Å². The molecule has 3 rings (SSSR count). The highest BCUT2D eigenvalue weighted by atomic mass is 35.5. The van der Waals surface area contributed by atoms with Crippen molar-refractivity contribution in [2.75, 3.05) is 7.05 Å². The maximum Gasteiger partial charge on any atom is 0.0406 e.